The molecule has 1 aromatic carbocycles. The Morgan fingerprint density at radius 3 is 3.05 bits per heavy atom. The Morgan fingerprint density at radius 2 is 2.18 bits per heavy atom. The fraction of sp³-hybridized carbons (Fsp3) is 0.133. The fourth-order valence-electron chi connectivity index (χ4n) is 2.04. The van der Waals surface area contributed by atoms with Crippen molar-refractivity contribution in [2.75, 3.05) is 12.4 Å². The Morgan fingerprint density at radius 1 is 1.27 bits per heavy atom. The summed E-state index contributed by atoms with van der Waals surface area (Å²) in [6, 6.07) is 13.2. The molecule has 3 N–H and O–H groups in total. The van der Waals surface area contributed by atoms with Crippen LogP contribution in [0.25, 0.3) is 5.65 Å². The van der Waals surface area contributed by atoms with Gasteiger partial charge >= 0.3 is 0 Å². The van der Waals surface area contributed by atoms with Crippen molar-refractivity contribution >= 4 is 17.3 Å². The van der Waals surface area contributed by atoms with Gasteiger partial charge in [0.05, 0.1) is 7.11 Å². The first-order valence-corrected chi connectivity index (χ1v) is 6.76. The van der Waals surface area contributed by atoms with Gasteiger partial charge in [0, 0.05) is 18.0 Å². The number of nitrogens with one attached hydrogen (secondary N) is 1. The zero-order chi connectivity index (χ0) is 15.4. The van der Waals surface area contributed by atoms with E-state index in [1.807, 2.05) is 53.1 Å². The van der Waals surface area contributed by atoms with Crippen molar-refractivity contribution in [3.05, 3.63) is 54.5 Å². The molecule has 0 saturated carbocycles. The quantitative estimate of drug-likeness (QED) is 0.564. The molecule has 0 aliphatic heterocycles. The molecule has 0 radical (unpaired) electrons. The molecule has 0 bridgehead atoms. The van der Waals surface area contributed by atoms with Crippen molar-refractivity contribution in [2.24, 2.45) is 10.7 Å². The number of aromatic nitrogens is 3. The third-order valence-corrected chi connectivity index (χ3v) is 3.12. The van der Waals surface area contributed by atoms with Crippen LogP contribution >= 0.6 is 0 Å². The fourth-order valence-corrected chi connectivity index (χ4v) is 2.04. The molecule has 3 rings (SSSR count). The molecule has 0 spiro atoms. The maximum absolute atomic E-state index is 5.90. The number of nitrogens with zero attached hydrogens (tertiary/aromatic N) is 4. The molecule has 7 heteroatoms. The number of guanidine groups is 1. The number of aliphatic imine (C=N–C) groups is 1. The molecule has 22 heavy (non-hydrogen) atoms. The van der Waals surface area contributed by atoms with Crippen molar-refractivity contribution in [3.63, 3.8) is 0 Å². The number of ether oxygens (including phenoxy) is 1. The Balaban J connectivity index is 1.72. The highest BCUT2D eigenvalue weighted by Gasteiger charge is 2.04. The molecule has 0 atom stereocenters. The highest BCUT2D eigenvalue weighted by Crippen LogP contribution is 2.16. The van der Waals surface area contributed by atoms with Gasteiger partial charge in [0.2, 0.25) is 0 Å². The maximum Gasteiger partial charge on any atom is 0.193 e. The first kappa shape index (κ1) is 13.9. The van der Waals surface area contributed by atoms with Crippen LogP contribution in [-0.2, 0) is 6.54 Å². The highest BCUT2D eigenvalue weighted by atomic mass is 16.5. The maximum atomic E-state index is 5.90. The molecular weight excluding hydrogens is 280 g/mol. The highest BCUT2D eigenvalue weighted by molar-refractivity contribution is 5.92. The lowest BCUT2D eigenvalue weighted by molar-refractivity contribution is 0.415. The van der Waals surface area contributed by atoms with Gasteiger partial charge in [-0.05, 0) is 24.3 Å². The standard InChI is InChI=1S/C15H16N6O/c1-22-12-6-4-5-11(9-12)18-15(16)17-10-14-20-19-13-7-2-3-8-21(13)14/h2-9H,10H2,1H3,(H3,16,17,18). The number of rotatable bonds is 4. The van der Waals surface area contributed by atoms with Crippen LogP contribution in [0.2, 0.25) is 0 Å². The molecule has 112 valence electrons. The number of nitrogens with two attached hydrogens (primary N) is 1. The number of fused-ring (bicyclic) bond motifs is 1. The minimum Gasteiger partial charge on any atom is -0.497 e. The Hall–Kier alpha value is -3.09. The van der Waals surface area contributed by atoms with Crippen molar-refractivity contribution in [1.82, 2.24) is 14.6 Å². The van der Waals surface area contributed by atoms with Crippen LogP contribution in [-0.4, -0.2) is 27.7 Å². The number of hydrogen-bond acceptors (Lipinski definition) is 4. The van der Waals surface area contributed by atoms with E-state index in [2.05, 4.69) is 20.5 Å². The lowest BCUT2D eigenvalue weighted by Gasteiger charge is -2.07. The SMILES string of the molecule is COc1cccc(NC(N)=NCc2nnc3ccccn23)c1. The molecule has 0 saturated heterocycles. The van der Waals surface area contributed by atoms with Gasteiger partial charge in [0.15, 0.2) is 17.4 Å². The topological polar surface area (TPSA) is 89.8 Å². The van der Waals surface area contributed by atoms with E-state index in [4.69, 9.17) is 10.5 Å². The number of benzene rings is 1. The van der Waals surface area contributed by atoms with E-state index in [1.165, 1.54) is 0 Å². The summed E-state index contributed by atoms with van der Waals surface area (Å²) in [6.45, 7) is 0.341. The second kappa shape index (κ2) is 6.13. The molecule has 0 aliphatic rings. The summed E-state index contributed by atoms with van der Waals surface area (Å²) < 4.78 is 7.04. The number of pyridine rings is 1. The van der Waals surface area contributed by atoms with Crippen LogP contribution in [0.1, 0.15) is 5.82 Å². The molecule has 0 amide bonds. The number of methoxy groups -OCH3 is 1. The predicted molar refractivity (Wildman–Crippen MR) is 84.9 cm³/mol. The third-order valence-electron chi connectivity index (χ3n) is 3.12. The van der Waals surface area contributed by atoms with Crippen LogP contribution in [0, 0.1) is 0 Å². The smallest absolute Gasteiger partial charge is 0.193 e. The van der Waals surface area contributed by atoms with E-state index in [-0.39, 0.29) is 0 Å². The molecule has 7 nitrogen and oxygen atoms in total. The first-order valence-electron chi connectivity index (χ1n) is 6.76. The second-order valence-corrected chi connectivity index (χ2v) is 4.60. The van der Waals surface area contributed by atoms with Gasteiger partial charge < -0.3 is 15.8 Å². The summed E-state index contributed by atoms with van der Waals surface area (Å²) in [4.78, 5) is 4.29. The van der Waals surface area contributed by atoms with Gasteiger partial charge in [-0.25, -0.2) is 4.99 Å². The summed E-state index contributed by atoms with van der Waals surface area (Å²) in [7, 11) is 1.62. The Labute approximate surface area is 127 Å². The molecule has 0 aliphatic carbocycles. The van der Waals surface area contributed by atoms with Crippen molar-refractivity contribution in [1.29, 1.82) is 0 Å². The Bertz CT molecular complexity index is 810. The third kappa shape index (κ3) is 2.98. The van der Waals surface area contributed by atoms with E-state index in [1.54, 1.807) is 7.11 Å². The van der Waals surface area contributed by atoms with Gasteiger partial charge in [0.25, 0.3) is 0 Å². The van der Waals surface area contributed by atoms with Gasteiger partial charge in [0.1, 0.15) is 12.3 Å². The van der Waals surface area contributed by atoms with E-state index in [0.717, 1.165) is 22.9 Å². The zero-order valence-electron chi connectivity index (χ0n) is 12.1. The lowest BCUT2D eigenvalue weighted by Crippen LogP contribution is -2.22. The first-order chi connectivity index (χ1) is 10.8. The van der Waals surface area contributed by atoms with Gasteiger partial charge in [-0.3, -0.25) is 4.40 Å². The minimum absolute atomic E-state index is 0.306. The van der Waals surface area contributed by atoms with Gasteiger partial charge in [-0.1, -0.05) is 12.1 Å². The normalized spacial score (nSPS) is 11.6. The summed E-state index contributed by atoms with van der Waals surface area (Å²) in [5, 5.41) is 11.2. The molecule has 0 fully saturated rings. The molecule has 0 unspecified atom stereocenters. The van der Waals surface area contributed by atoms with Crippen molar-refractivity contribution in [2.45, 2.75) is 6.54 Å². The summed E-state index contributed by atoms with van der Waals surface area (Å²) in [5.74, 6) is 1.79. The predicted octanol–water partition coefficient (Wildman–Crippen LogP) is 1.66. The van der Waals surface area contributed by atoms with Crippen LogP contribution in [0.5, 0.6) is 5.75 Å². The average molecular weight is 296 g/mol. The van der Waals surface area contributed by atoms with Crippen LogP contribution in [0.4, 0.5) is 5.69 Å². The zero-order valence-corrected chi connectivity index (χ0v) is 12.1. The van der Waals surface area contributed by atoms with Gasteiger partial charge in [-0.15, -0.1) is 10.2 Å². The summed E-state index contributed by atoms with van der Waals surface area (Å²) in [6.07, 6.45) is 1.89. The minimum atomic E-state index is 0.306. The monoisotopic (exact) mass is 296 g/mol. The van der Waals surface area contributed by atoms with Crippen molar-refractivity contribution < 1.29 is 4.74 Å². The summed E-state index contributed by atoms with van der Waals surface area (Å²) >= 11 is 0. The van der Waals surface area contributed by atoms with Crippen LogP contribution in [0.15, 0.2) is 53.7 Å². The van der Waals surface area contributed by atoms with Crippen LogP contribution in [0.3, 0.4) is 0 Å². The average Bonchev–Trinajstić information content (AvgIpc) is 2.96. The summed E-state index contributed by atoms with van der Waals surface area (Å²) in [5.41, 5.74) is 7.49. The van der Waals surface area contributed by atoms with E-state index < -0.39 is 0 Å². The lowest BCUT2D eigenvalue weighted by atomic mass is 10.3. The number of hydrogen-bond donors (Lipinski definition) is 2. The Kier molecular flexibility index (Phi) is 3.86. The number of anilines is 1. The second-order valence-electron chi connectivity index (χ2n) is 4.60. The molecule has 2 heterocycles. The molecule has 2 aromatic heterocycles. The van der Waals surface area contributed by atoms with Crippen molar-refractivity contribution in [3.8, 4) is 5.75 Å². The van der Waals surface area contributed by atoms with Crippen LogP contribution < -0.4 is 15.8 Å². The van der Waals surface area contributed by atoms with E-state index >= 15 is 0 Å². The van der Waals surface area contributed by atoms with E-state index in [0.29, 0.717) is 12.5 Å². The molecule has 3 aromatic rings. The molecular formula is C15H16N6O. The van der Waals surface area contributed by atoms with Gasteiger partial charge in [-0.2, -0.15) is 0 Å². The van der Waals surface area contributed by atoms with E-state index in [9.17, 15) is 0 Å². The largest absolute Gasteiger partial charge is 0.497 e.